The van der Waals surface area contributed by atoms with E-state index in [1.54, 1.807) is 0 Å². The number of hydrogen-bond donors (Lipinski definition) is 2. The van der Waals surface area contributed by atoms with Crippen LogP contribution in [0.3, 0.4) is 0 Å². The second-order valence-electron chi connectivity index (χ2n) is 6.70. The van der Waals surface area contributed by atoms with Crippen LogP contribution in [0.15, 0.2) is 0 Å². The molecule has 0 aliphatic rings. The minimum absolute atomic E-state index is 0.0588. The van der Waals surface area contributed by atoms with Crippen LogP contribution in [0.2, 0.25) is 0 Å². The van der Waals surface area contributed by atoms with Crippen LogP contribution >= 0.6 is 0 Å². The Bertz CT molecular complexity index is 686. The Hall–Kier alpha value is -1.97. The lowest BCUT2D eigenvalue weighted by Crippen LogP contribution is -2.74. The van der Waals surface area contributed by atoms with Crippen LogP contribution in [0, 0.1) is 5.41 Å². The first-order valence-electron chi connectivity index (χ1n) is 8.37. The zero-order chi connectivity index (χ0) is 26.2. The first kappa shape index (κ1) is 30.0. The summed E-state index contributed by atoms with van der Waals surface area (Å²) in [6.07, 6.45) is -10.7. The lowest BCUT2D eigenvalue weighted by molar-refractivity contribution is -0.445. The second-order valence-corrected chi connectivity index (χ2v) is 6.70. The highest BCUT2D eigenvalue weighted by Gasteiger charge is 2.93. The molecule has 0 fully saturated rings. The van der Waals surface area contributed by atoms with E-state index in [4.69, 9.17) is 10.2 Å². The Balaban J connectivity index is 6.87. The van der Waals surface area contributed by atoms with Gasteiger partial charge < -0.3 is 10.2 Å². The van der Waals surface area contributed by atoms with E-state index in [0.29, 0.717) is 0 Å². The topological polar surface area (TPSA) is 74.6 Å². The molecule has 0 spiro atoms. The molecule has 4 nitrogen and oxygen atoms in total. The molecule has 0 heterocycles. The summed E-state index contributed by atoms with van der Waals surface area (Å²) < 4.78 is 173. The maximum atomic E-state index is 14.4. The molecule has 0 saturated carbocycles. The van der Waals surface area contributed by atoms with E-state index in [1.807, 2.05) is 0 Å². The van der Waals surface area contributed by atoms with Gasteiger partial charge >= 0.3 is 47.7 Å². The Morgan fingerprint density at radius 1 is 0.562 bits per heavy atom. The Morgan fingerprint density at radius 3 is 1.22 bits per heavy atom. The molecular formula is C15H15F13O4. The zero-order valence-corrected chi connectivity index (χ0v) is 15.7. The van der Waals surface area contributed by atoms with Gasteiger partial charge in [0.25, 0.3) is 0 Å². The van der Waals surface area contributed by atoms with E-state index in [9.17, 15) is 66.7 Å². The summed E-state index contributed by atoms with van der Waals surface area (Å²) in [5.41, 5.74) is -5.28. The summed E-state index contributed by atoms with van der Waals surface area (Å²) in [6, 6.07) is 0. The summed E-state index contributed by atoms with van der Waals surface area (Å²) in [7, 11) is 0. The van der Waals surface area contributed by atoms with Gasteiger partial charge in [-0.15, -0.1) is 0 Å². The van der Waals surface area contributed by atoms with Gasteiger partial charge in [0.05, 0.1) is 0 Å². The van der Waals surface area contributed by atoms with Crippen molar-refractivity contribution in [1.29, 1.82) is 0 Å². The number of aliphatic carboxylic acids is 2. The number of unbranched alkanes of at least 4 members (excludes halogenated alkanes) is 3. The van der Waals surface area contributed by atoms with E-state index < -0.39 is 66.0 Å². The van der Waals surface area contributed by atoms with Gasteiger partial charge in [0, 0.05) is 0 Å². The van der Waals surface area contributed by atoms with Crippen LogP contribution in [0.5, 0.6) is 0 Å². The summed E-state index contributed by atoms with van der Waals surface area (Å²) in [4.78, 5) is 22.4. The van der Waals surface area contributed by atoms with Crippen molar-refractivity contribution in [2.24, 2.45) is 5.41 Å². The predicted molar refractivity (Wildman–Crippen MR) is 77.3 cm³/mol. The Kier molecular flexibility index (Phi) is 8.22. The fourth-order valence-corrected chi connectivity index (χ4v) is 2.59. The number of alkyl halides is 13. The molecule has 17 heteroatoms. The fourth-order valence-electron chi connectivity index (χ4n) is 2.59. The minimum atomic E-state index is -8.28. The third-order valence-corrected chi connectivity index (χ3v) is 4.60. The molecule has 0 radical (unpaired) electrons. The molecule has 0 bridgehead atoms. The smallest absolute Gasteiger partial charge is 0.460 e. The summed E-state index contributed by atoms with van der Waals surface area (Å²) >= 11 is 0. The third-order valence-electron chi connectivity index (χ3n) is 4.60. The maximum absolute atomic E-state index is 14.4. The van der Waals surface area contributed by atoms with Crippen molar-refractivity contribution in [1.82, 2.24) is 0 Å². The van der Waals surface area contributed by atoms with Gasteiger partial charge in [0.1, 0.15) is 0 Å². The van der Waals surface area contributed by atoms with Crippen molar-refractivity contribution in [3.05, 3.63) is 0 Å². The molecular weight excluding hydrogens is 491 g/mol. The van der Waals surface area contributed by atoms with Gasteiger partial charge in [-0.3, -0.25) is 9.59 Å². The number of carboxylic acids is 2. The molecule has 0 aliphatic carbocycles. The highest BCUT2D eigenvalue weighted by Crippen LogP contribution is 2.63. The zero-order valence-electron chi connectivity index (χ0n) is 15.7. The molecule has 32 heavy (non-hydrogen) atoms. The van der Waals surface area contributed by atoms with Gasteiger partial charge in [-0.05, 0) is 6.42 Å². The van der Waals surface area contributed by atoms with Crippen LogP contribution in [0.4, 0.5) is 57.1 Å². The normalized spacial score (nSPS) is 15.1. The van der Waals surface area contributed by atoms with E-state index in [2.05, 4.69) is 0 Å². The molecule has 0 aromatic rings. The van der Waals surface area contributed by atoms with Crippen molar-refractivity contribution in [3.63, 3.8) is 0 Å². The second kappa shape index (κ2) is 8.76. The van der Waals surface area contributed by atoms with E-state index in [0.717, 1.165) is 0 Å². The molecule has 0 atom stereocenters. The SMILES string of the molecule is CCCCCCC(C(=O)O)(C(=O)O)C(F)(F)C(F)(F)C(F)(F)C(F)(F)C(F)(F)C(F)(F)F. The van der Waals surface area contributed by atoms with E-state index in [1.165, 1.54) is 6.92 Å². The van der Waals surface area contributed by atoms with Crippen molar-refractivity contribution in [2.75, 3.05) is 0 Å². The fraction of sp³-hybridized carbons (Fsp3) is 0.867. The summed E-state index contributed by atoms with van der Waals surface area (Å²) in [5, 5.41) is 17.7. The molecule has 0 aromatic heterocycles. The number of rotatable bonds is 12. The predicted octanol–water partition coefficient (Wildman–Crippen LogP) is 5.85. The largest absolute Gasteiger partial charge is 0.480 e. The molecule has 0 unspecified atom stereocenters. The van der Waals surface area contributed by atoms with Crippen molar-refractivity contribution < 1.29 is 76.9 Å². The average molecular weight is 506 g/mol. The van der Waals surface area contributed by atoms with Crippen LogP contribution < -0.4 is 0 Å². The van der Waals surface area contributed by atoms with Crippen molar-refractivity contribution >= 4 is 11.9 Å². The maximum Gasteiger partial charge on any atom is 0.460 e. The van der Waals surface area contributed by atoms with Crippen LogP contribution in [0.1, 0.15) is 39.0 Å². The van der Waals surface area contributed by atoms with Gasteiger partial charge in [0.15, 0.2) is 0 Å². The number of hydrogen-bond acceptors (Lipinski definition) is 2. The number of carboxylic acid groups (broad SMARTS) is 2. The monoisotopic (exact) mass is 506 g/mol. The quantitative estimate of drug-likeness (QED) is 0.198. The Morgan fingerprint density at radius 2 is 0.906 bits per heavy atom. The minimum Gasteiger partial charge on any atom is -0.480 e. The van der Waals surface area contributed by atoms with Crippen LogP contribution in [-0.4, -0.2) is 57.9 Å². The highest BCUT2D eigenvalue weighted by molar-refractivity contribution is 5.99. The van der Waals surface area contributed by atoms with Crippen molar-refractivity contribution in [2.45, 2.75) is 74.8 Å². The molecule has 2 N–H and O–H groups in total. The first-order chi connectivity index (χ1) is 13.9. The summed E-state index contributed by atoms with van der Waals surface area (Å²) in [6.45, 7) is 1.48. The standard InChI is InChI=1S/C15H15F13O4/c1-2-3-4-5-6-9(7(29)30,8(31)32)10(16,17)11(18,19)12(20,21)13(22,23)14(24,25)15(26,27)28/h2-6H2,1H3,(H,29,30)(H,31,32). The summed E-state index contributed by atoms with van der Waals surface area (Å²) in [5.74, 6) is -46.7. The number of halogens is 13. The lowest BCUT2D eigenvalue weighted by atomic mass is 9.72. The Labute approximate surface area is 170 Å². The van der Waals surface area contributed by atoms with E-state index >= 15 is 0 Å². The van der Waals surface area contributed by atoms with Gasteiger partial charge in [-0.2, -0.15) is 57.1 Å². The molecule has 0 aromatic carbocycles. The van der Waals surface area contributed by atoms with Gasteiger partial charge in [-0.1, -0.05) is 32.6 Å². The highest BCUT2D eigenvalue weighted by atomic mass is 19.4. The van der Waals surface area contributed by atoms with Crippen LogP contribution in [0.25, 0.3) is 0 Å². The van der Waals surface area contributed by atoms with Gasteiger partial charge in [0.2, 0.25) is 5.41 Å². The number of carbonyl (C=O) groups is 2. The third kappa shape index (κ3) is 4.06. The molecule has 0 rings (SSSR count). The molecule has 0 amide bonds. The average Bonchev–Trinajstić information content (AvgIpc) is 2.59. The first-order valence-corrected chi connectivity index (χ1v) is 8.37. The lowest BCUT2D eigenvalue weighted by Gasteiger charge is -2.43. The molecule has 0 saturated heterocycles. The van der Waals surface area contributed by atoms with E-state index in [-0.39, 0.29) is 19.3 Å². The van der Waals surface area contributed by atoms with Crippen LogP contribution in [-0.2, 0) is 9.59 Å². The van der Waals surface area contributed by atoms with Crippen molar-refractivity contribution in [3.8, 4) is 0 Å². The van der Waals surface area contributed by atoms with Gasteiger partial charge in [-0.25, -0.2) is 0 Å². The molecule has 190 valence electrons. The molecule has 0 aliphatic heterocycles.